The smallest absolute Gasteiger partial charge is 0.00670 e. The third-order valence-electron chi connectivity index (χ3n) is 4.21. The van der Waals surface area contributed by atoms with Gasteiger partial charge in [-0.3, -0.25) is 0 Å². The first-order chi connectivity index (χ1) is 9.88. The Bertz CT molecular complexity index is 932. The Morgan fingerprint density at radius 3 is 2.15 bits per heavy atom. The first-order valence-corrected chi connectivity index (χ1v) is 7.20. The van der Waals surface area contributed by atoms with E-state index in [-0.39, 0.29) is 0 Å². The highest BCUT2D eigenvalue weighted by Gasteiger charge is 2.08. The summed E-state index contributed by atoms with van der Waals surface area (Å²) in [4.78, 5) is 0. The van der Waals surface area contributed by atoms with Gasteiger partial charge in [0.25, 0.3) is 0 Å². The van der Waals surface area contributed by atoms with Crippen molar-refractivity contribution in [3.63, 3.8) is 0 Å². The molecule has 4 aromatic carbocycles. The quantitative estimate of drug-likeness (QED) is 0.383. The van der Waals surface area contributed by atoms with Gasteiger partial charge >= 0.3 is 0 Å². The third kappa shape index (κ3) is 1.55. The summed E-state index contributed by atoms with van der Waals surface area (Å²) in [5.41, 5.74) is 1.44. The molecular formula is C20H16. The lowest BCUT2D eigenvalue weighted by molar-refractivity contribution is 1.17. The van der Waals surface area contributed by atoms with Crippen LogP contribution >= 0.6 is 0 Å². The molecule has 4 aromatic rings. The van der Waals surface area contributed by atoms with Crippen molar-refractivity contribution in [1.29, 1.82) is 0 Å². The highest BCUT2D eigenvalue weighted by molar-refractivity contribution is 6.18. The molecule has 20 heavy (non-hydrogen) atoms. The molecule has 0 bridgehead atoms. The molecule has 0 N–H and O–H groups in total. The molecule has 0 aliphatic rings. The molecule has 0 unspecified atom stereocenters. The van der Waals surface area contributed by atoms with Crippen molar-refractivity contribution < 1.29 is 0 Å². The first kappa shape index (κ1) is 11.5. The minimum atomic E-state index is 1.06. The predicted molar refractivity (Wildman–Crippen MR) is 88.3 cm³/mol. The average Bonchev–Trinajstić information content (AvgIpc) is 2.53. The topological polar surface area (TPSA) is 0 Å². The minimum Gasteiger partial charge on any atom is -0.0616 e. The zero-order valence-corrected chi connectivity index (χ0v) is 11.6. The van der Waals surface area contributed by atoms with Gasteiger partial charge in [0.05, 0.1) is 0 Å². The van der Waals surface area contributed by atoms with E-state index in [1.807, 2.05) is 0 Å². The average molecular weight is 256 g/mol. The molecule has 0 radical (unpaired) electrons. The molecule has 0 saturated carbocycles. The van der Waals surface area contributed by atoms with E-state index in [9.17, 15) is 0 Å². The minimum absolute atomic E-state index is 1.06. The van der Waals surface area contributed by atoms with Crippen LogP contribution in [-0.2, 0) is 6.42 Å². The molecule has 0 heterocycles. The molecule has 0 spiro atoms. The zero-order chi connectivity index (χ0) is 13.5. The van der Waals surface area contributed by atoms with Gasteiger partial charge in [-0.1, -0.05) is 73.7 Å². The van der Waals surface area contributed by atoms with Gasteiger partial charge in [0.15, 0.2) is 0 Å². The van der Waals surface area contributed by atoms with E-state index in [0.29, 0.717) is 0 Å². The summed E-state index contributed by atoms with van der Waals surface area (Å²) < 4.78 is 0. The van der Waals surface area contributed by atoms with Gasteiger partial charge in [0, 0.05) is 0 Å². The number of rotatable bonds is 1. The molecule has 0 aliphatic carbocycles. The third-order valence-corrected chi connectivity index (χ3v) is 4.21. The SMILES string of the molecule is CCc1cc2ccccc2c2ccc3ccccc3c12. The molecule has 0 atom stereocenters. The van der Waals surface area contributed by atoms with E-state index in [1.165, 1.54) is 37.9 Å². The molecule has 0 heteroatoms. The molecule has 96 valence electrons. The molecular weight excluding hydrogens is 240 g/mol. The van der Waals surface area contributed by atoms with Crippen molar-refractivity contribution in [2.75, 3.05) is 0 Å². The Morgan fingerprint density at radius 1 is 0.650 bits per heavy atom. The van der Waals surface area contributed by atoms with Crippen LogP contribution in [0.2, 0.25) is 0 Å². The molecule has 0 fully saturated rings. The van der Waals surface area contributed by atoms with Gasteiger partial charge in [-0.25, -0.2) is 0 Å². The molecule has 0 saturated heterocycles. The highest BCUT2D eigenvalue weighted by atomic mass is 14.1. The number of hydrogen-bond donors (Lipinski definition) is 0. The maximum atomic E-state index is 2.35. The van der Waals surface area contributed by atoms with Crippen LogP contribution in [0.15, 0.2) is 66.7 Å². The second kappa shape index (κ2) is 4.35. The van der Waals surface area contributed by atoms with Crippen molar-refractivity contribution in [3.05, 3.63) is 72.3 Å². The van der Waals surface area contributed by atoms with Crippen molar-refractivity contribution in [3.8, 4) is 0 Å². The zero-order valence-electron chi connectivity index (χ0n) is 11.6. The highest BCUT2D eigenvalue weighted by Crippen LogP contribution is 2.34. The number of fused-ring (bicyclic) bond motifs is 5. The predicted octanol–water partition coefficient (Wildman–Crippen LogP) is 5.71. The summed E-state index contributed by atoms with van der Waals surface area (Å²) in [5, 5.41) is 8.18. The Morgan fingerprint density at radius 2 is 1.35 bits per heavy atom. The lowest BCUT2D eigenvalue weighted by atomic mass is 9.92. The lowest BCUT2D eigenvalue weighted by Gasteiger charge is -2.12. The second-order valence-corrected chi connectivity index (χ2v) is 5.32. The van der Waals surface area contributed by atoms with Gasteiger partial charge in [-0.05, 0) is 44.3 Å². The van der Waals surface area contributed by atoms with Gasteiger partial charge < -0.3 is 0 Å². The van der Waals surface area contributed by atoms with E-state index < -0.39 is 0 Å². The van der Waals surface area contributed by atoms with E-state index in [4.69, 9.17) is 0 Å². The Balaban J connectivity index is 2.33. The fourth-order valence-electron chi connectivity index (χ4n) is 3.25. The van der Waals surface area contributed by atoms with Crippen LogP contribution in [0.1, 0.15) is 12.5 Å². The van der Waals surface area contributed by atoms with Gasteiger partial charge in [0.2, 0.25) is 0 Å². The normalized spacial score (nSPS) is 11.4. The van der Waals surface area contributed by atoms with Crippen LogP contribution < -0.4 is 0 Å². The van der Waals surface area contributed by atoms with Crippen LogP contribution in [0, 0.1) is 0 Å². The maximum Gasteiger partial charge on any atom is -0.00670 e. The fraction of sp³-hybridized carbons (Fsp3) is 0.100. The van der Waals surface area contributed by atoms with Crippen LogP contribution in [0.25, 0.3) is 32.3 Å². The molecule has 4 rings (SSSR count). The fourth-order valence-corrected chi connectivity index (χ4v) is 3.25. The summed E-state index contributed by atoms with van der Waals surface area (Å²) in [6.45, 7) is 2.24. The molecule has 0 amide bonds. The van der Waals surface area contributed by atoms with E-state index in [2.05, 4.69) is 73.7 Å². The van der Waals surface area contributed by atoms with Crippen molar-refractivity contribution in [2.45, 2.75) is 13.3 Å². The van der Waals surface area contributed by atoms with Gasteiger partial charge in [0.1, 0.15) is 0 Å². The van der Waals surface area contributed by atoms with Crippen molar-refractivity contribution in [2.24, 2.45) is 0 Å². The van der Waals surface area contributed by atoms with Gasteiger partial charge in [-0.15, -0.1) is 0 Å². The van der Waals surface area contributed by atoms with E-state index >= 15 is 0 Å². The summed E-state index contributed by atoms with van der Waals surface area (Å²) in [5.74, 6) is 0. The molecule has 0 aromatic heterocycles. The van der Waals surface area contributed by atoms with E-state index in [1.54, 1.807) is 0 Å². The standard InChI is InChI=1S/C20H16/c1-2-14-13-16-8-4-5-9-17(16)19-12-11-15-7-3-6-10-18(15)20(14)19/h3-13H,2H2,1H3. The number of benzene rings is 4. The Hall–Kier alpha value is -2.34. The molecule has 0 nitrogen and oxygen atoms in total. The molecule has 0 aliphatic heterocycles. The summed E-state index contributed by atoms with van der Waals surface area (Å²) in [7, 11) is 0. The second-order valence-electron chi connectivity index (χ2n) is 5.32. The Kier molecular flexibility index (Phi) is 2.50. The van der Waals surface area contributed by atoms with Gasteiger partial charge in [-0.2, -0.15) is 0 Å². The lowest BCUT2D eigenvalue weighted by Crippen LogP contribution is -1.88. The largest absolute Gasteiger partial charge is 0.0616 e. The van der Waals surface area contributed by atoms with Crippen molar-refractivity contribution in [1.82, 2.24) is 0 Å². The first-order valence-electron chi connectivity index (χ1n) is 7.20. The Labute approximate surface area is 118 Å². The summed E-state index contributed by atoms with van der Waals surface area (Å²) in [6, 6.07) is 24.2. The van der Waals surface area contributed by atoms with E-state index in [0.717, 1.165) is 6.42 Å². The number of hydrogen-bond acceptors (Lipinski definition) is 0. The van der Waals surface area contributed by atoms with Crippen LogP contribution in [0.5, 0.6) is 0 Å². The van der Waals surface area contributed by atoms with Crippen LogP contribution in [0.4, 0.5) is 0 Å². The summed E-state index contributed by atoms with van der Waals surface area (Å²) in [6.07, 6.45) is 1.06. The summed E-state index contributed by atoms with van der Waals surface area (Å²) >= 11 is 0. The van der Waals surface area contributed by atoms with Crippen LogP contribution in [-0.4, -0.2) is 0 Å². The maximum absolute atomic E-state index is 2.35. The monoisotopic (exact) mass is 256 g/mol. The van der Waals surface area contributed by atoms with Crippen LogP contribution in [0.3, 0.4) is 0 Å². The number of aryl methyl sites for hydroxylation is 1. The van der Waals surface area contributed by atoms with Crippen molar-refractivity contribution >= 4 is 32.3 Å².